The zero-order valence-corrected chi connectivity index (χ0v) is 12.5. The topological polar surface area (TPSA) is 65.2 Å². The molecule has 0 bridgehead atoms. The van der Waals surface area contributed by atoms with Crippen LogP contribution in [0.4, 0.5) is 5.82 Å². The van der Waals surface area contributed by atoms with Gasteiger partial charge in [0.2, 0.25) is 5.82 Å². The molecule has 6 nitrogen and oxygen atoms in total. The third kappa shape index (κ3) is 2.18. The Balaban J connectivity index is 2.32. The number of rotatable bonds is 4. The van der Waals surface area contributed by atoms with Crippen LogP contribution in [0.15, 0.2) is 41.7 Å². The second-order valence-corrected chi connectivity index (χ2v) is 4.87. The van der Waals surface area contributed by atoms with Gasteiger partial charge in [0.05, 0.1) is 14.2 Å². The van der Waals surface area contributed by atoms with Crippen LogP contribution in [-0.4, -0.2) is 23.6 Å². The fourth-order valence-corrected chi connectivity index (χ4v) is 2.40. The summed E-state index contributed by atoms with van der Waals surface area (Å²) < 4.78 is 12.3. The predicted octanol–water partition coefficient (Wildman–Crippen LogP) is 3.72. The molecule has 0 radical (unpaired) electrons. The van der Waals surface area contributed by atoms with E-state index in [1.807, 2.05) is 19.1 Å². The lowest BCUT2D eigenvalue weighted by Crippen LogP contribution is -1.90. The second-order valence-electron chi connectivity index (χ2n) is 4.87. The Morgan fingerprint density at radius 2 is 1.95 bits per heavy atom. The maximum Gasteiger partial charge on any atom is 0.209 e. The van der Waals surface area contributed by atoms with E-state index >= 15 is 0 Å². The van der Waals surface area contributed by atoms with Crippen molar-refractivity contribution in [2.45, 2.75) is 6.92 Å². The highest BCUT2D eigenvalue weighted by Crippen LogP contribution is 2.38. The number of hydrogen-bond acceptors (Lipinski definition) is 5. The minimum absolute atomic E-state index is 0.238. The highest BCUT2D eigenvalue weighted by atomic mass is 16.5. The first kappa shape index (κ1) is 14.1. The number of aryl methyl sites for hydroxylation is 1. The zero-order valence-electron chi connectivity index (χ0n) is 12.5. The van der Waals surface area contributed by atoms with E-state index < -0.39 is 0 Å². The number of pyridine rings is 1. The van der Waals surface area contributed by atoms with Crippen LogP contribution >= 0.6 is 0 Å². The van der Waals surface area contributed by atoms with Gasteiger partial charge in [0.15, 0.2) is 0 Å². The lowest BCUT2D eigenvalue weighted by Gasteiger charge is -2.08. The van der Waals surface area contributed by atoms with E-state index in [2.05, 4.69) is 10.2 Å². The van der Waals surface area contributed by atoms with E-state index in [0.717, 1.165) is 5.56 Å². The molecule has 0 saturated heterocycles. The van der Waals surface area contributed by atoms with Crippen molar-refractivity contribution in [1.29, 1.82) is 0 Å². The van der Waals surface area contributed by atoms with Crippen LogP contribution in [0.2, 0.25) is 0 Å². The lowest BCUT2D eigenvalue weighted by atomic mass is 10.1. The van der Waals surface area contributed by atoms with Gasteiger partial charge in [0, 0.05) is 11.8 Å². The van der Waals surface area contributed by atoms with Crippen LogP contribution in [0.3, 0.4) is 0 Å². The minimum Gasteiger partial charge on any atom is -0.497 e. The van der Waals surface area contributed by atoms with Crippen molar-refractivity contribution in [2.75, 3.05) is 14.2 Å². The molecule has 0 aliphatic heterocycles. The third-order valence-corrected chi connectivity index (χ3v) is 3.50. The molecule has 3 rings (SSSR count). The second kappa shape index (κ2) is 5.48. The quantitative estimate of drug-likeness (QED) is 0.688. The third-order valence-electron chi connectivity index (χ3n) is 3.50. The van der Waals surface area contributed by atoms with Crippen molar-refractivity contribution in [3.8, 4) is 22.8 Å². The number of imidazole rings is 1. The standard InChI is InChI=1S/C16H15N3O3/c1-10-6-7-19-14(8-10)17-15(16(19)18-20)12-9-11(21-2)4-5-13(12)22-3/h4-9H,1-3H3. The van der Waals surface area contributed by atoms with Crippen LogP contribution in [-0.2, 0) is 0 Å². The summed E-state index contributed by atoms with van der Waals surface area (Å²) in [6, 6.07) is 9.14. The van der Waals surface area contributed by atoms with E-state index in [-0.39, 0.29) is 5.82 Å². The van der Waals surface area contributed by atoms with Crippen molar-refractivity contribution in [3.05, 3.63) is 47.0 Å². The summed E-state index contributed by atoms with van der Waals surface area (Å²) in [5.74, 6) is 1.49. The molecule has 0 amide bonds. The number of fused-ring (bicyclic) bond motifs is 1. The van der Waals surface area contributed by atoms with E-state index in [1.165, 1.54) is 0 Å². The van der Waals surface area contributed by atoms with Gasteiger partial charge in [0.1, 0.15) is 22.8 Å². The number of aromatic nitrogens is 2. The lowest BCUT2D eigenvalue weighted by molar-refractivity contribution is 0.404. The Hall–Kier alpha value is -2.89. The summed E-state index contributed by atoms with van der Waals surface area (Å²) >= 11 is 0. The molecule has 6 heteroatoms. The highest BCUT2D eigenvalue weighted by Gasteiger charge is 2.19. The molecule has 112 valence electrons. The maximum atomic E-state index is 11.3. The van der Waals surface area contributed by atoms with Crippen LogP contribution in [0.1, 0.15) is 5.56 Å². The van der Waals surface area contributed by atoms with Gasteiger partial charge < -0.3 is 9.47 Å². The number of methoxy groups -OCH3 is 2. The molecule has 0 spiro atoms. The number of nitroso groups, excluding NO2 is 1. The largest absolute Gasteiger partial charge is 0.497 e. The molecule has 0 fully saturated rings. The monoisotopic (exact) mass is 297 g/mol. The average Bonchev–Trinajstić information content (AvgIpc) is 2.91. The predicted molar refractivity (Wildman–Crippen MR) is 83.9 cm³/mol. The molecule has 0 aliphatic rings. The van der Waals surface area contributed by atoms with Gasteiger partial charge in [-0.05, 0) is 48.0 Å². The van der Waals surface area contributed by atoms with E-state index in [0.29, 0.717) is 28.4 Å². The number of nitrogens with zero attached hydrogens (tertiary/aromatic N) is 3. The van der Waals surface area contributed by atoms with Crippen LogP contribution in [0.5, 0.6) is 11.5 Å². The molecule has 2 aromatic heterocycles. The molecule has 1 aromatic carbocycles. The van der Waals surface area contributed by atoms with Gasteiger partial charge >= 0.3 is 0 Å². The Labute approximate surface area is 127 Å². The molecule has 0 aliphatic carbocycles. The smallest absolute Gasteiger partial charge is 0.209 e. The number of benzene rings is 1. The summed E-state index contributed by atoms with van der Waals surface area (Å²) in [7, 11) is 3.15. The van der Waals surface area contributed by atoms with Gasteiger partial charge in [0.25, 0.3) is 0 Å². The van der Waals surface area contributed by atoms with Crippen LogP contribution in [0.25, 0.3) is 16.9 Å². The summed E-state index contributed by atoms with van der Waals surface area (Å²) in [5, 5.41) is 3.15. The van der Waals surface area contributed by atoms with Gasteiger partial charge in [-0.3, -0.25) is 4.40 Å². The first-order chi connectivity index (χ1) is 10.7. The van der Waals surface area contributed by atoms with E-state index in [1.54, 1.807) is 43.0 Å². The Morgan fingerprint density at radius 1 is 1.14 bits per heavy atom. The maximum absolute atomic E-state index is 11.3. The molecule has 0 N–H and O–H groups in total. The van der Waals surface area contributed by atoms with Gasteiger partial charge in [-0.1, -0.05) is 0 Å². The molecule has 22 heavy (non-hydrogen) atoms. The van der Waals surface area contributed by atoms with Gasteiger partial charge in [-0.25, -0.2) is 4.98 Å². The van der Waals surface area contributed by atoms with Crippen molar-refractivity contribution >= 4 is 11.5 Å². The molecule has 2 heterocycles. The van der Waals surface area contributed by atoms with E-state index in [4.69, 9.17) is 9.47 Å². The Bertz CT molecular complexity index is 855. The molecule has 0 unspecified atom stereocenters. The van der Waals surface area contributed by atoms with Crippen molar-refractivity contribution in [2.24, 2.45) is 5.18 Å². The summed E-state index contributed by atoms with van der Waals surface area (Å²) in [6.07, 6.45) is 1.78. The number of ether oxygens (including phenoxy) is 2. The van der Waals surface area contributed by atoms with Gasteiger partial charge in [-0.2, -0.15) is 0 Å². The molecular formula is C16H15N3O3. The van der Waals surface area contributed by atoms with Gasteiger partial charge in [-0.15, -0.1) is 4.91 Å². The van der Waals surface area contributed by atoms with Crippen LogP contribution in [0, 0.1) is 11.8 Å². The Kier molecular flexibility index (Phi) is 3.50. The first-order valence-corrected chi connectivity index (χ1v) is 6.72. The fourth-order valence-electron chi connectivity index (χ4n) is 2.40. The Morgan fingerprint density at radius 3 is 2.64 bits per heavy atom. The molecule has 0 atom stereocenters. The molecular weight excluding hydrogens is 282 g/mol. The molecule has 3 aromatic rings. The van der Waals surface area contributed by atoms with Crippen molar-refractivity contribution < 1.29 is 9.47 Å². The van der Waals surface area contributed by atoms with Crippen molar-refractivity contribution in [1.82, 2.24) is 9.38 Å². The summed E-state index contributed by atoms with van der Waals surface area (Å²) in [5.41, 5.74) is 2.85. The van der Waals surface area contributed by atoms with Crippen LogP contribution < -0.4 is 9.47 Å². The normalized spacial score (nSPS) is 10.7. The summed E-state index contributed by atoms with van der Waals surface area (Å²) in [4.78, 5) is 15.9. The highest BCUT2D eigenvalue weighted by molar-refractivity contribution is 5.79. The fraction of sp³-hybridized carbons (Fsp3) is 0.188. The first-order valence-electron chi connectivity index (χ1n) is 6.72. The minimum atomic E-state index is 0.238. The van der Waals surface area contributed by atoms with Crippen molar-refractivity contribution in [3.63, 3.8) is 0 Å². The zero-order chi connectivity index (χ0) is 15.7. The van der Waals surface area contributed by atoms with E-state index in [9.17, 15) is 4.91 Å². The molecule has 0 saturated carbocycles. The number of hydrogen-bond donors (Lipinski definition) is 0. The SMILES string of the molecule is COc1ccc(OC)c(-c2nc3cc(C)ccn3c2N=O)c1. The summed E-state index contributed by atoms with van der Waals surface area (Å²) in [6.45, 7) is 1.97. The average molecular weight is 297 g/mol.